The Morgan fingerprint density at radius 1 is 1.30 bits per heavy atom. The summed E-state index contributed by atoms with van der Waals surface area (Å²) in [4.78, 5) is 12.9. The predicted molar refractivity (Wildman–Crippen MR) is 82.4 cm³/mol. The molecular weight excluding hydrogens is 274 g/mol. The van der Waals surface area contributed by atoms with Gasteiger partial charge in [-0.1, -0.05) is 0 Å². The number of hydrogen-bond donors (Lipinski definition) is 1. The van der Waals surface area contributed by atoms with Gasteiger partial charge in [-0.15, -0.1) is 11.8 Å². The second-order valence-electron chi connectivity index (χ2n) is 4.70. The summed E-state index contributed by atoms with van der Waals surface area (Å²) in [6.07, 6.45) is 1.68. The number of carbonyl (C=O) groups is 1. The van der Waals surface area contributed by atoms with Crippen molar-refractivity contribution >= 4 is 17.7 Å². The second-order valence-corrected chi connectivity index (χ2v) is 5.87. The van der Waals surface area contributed by atoms with Gasteiger partial charge in [-0.05, 0) is 56.8 Å². The third-order valence-electron chi connectivity index (χ3n) is 3.34. The van der Waals surface area contributed by atoms with Gasteiger partial charge in [0.2, 0.25) is 0 Å². The molecule has 4 nitrogen and oxygen atoms in total. The summed E-state index contributed by atoms with van der Waals surface area (Å²) < 4.78 is 9.95. The Hall–Kier alpha value is -1.20. The fourth-order valence-corrected chi connectivity index (χ4v) is 2.69. The van der Waals surface area contributed by atoms with Crippen molar-refractivity contribution in [1.82, 2.24) is 5.32 Å². The third kappa shape index (κ3) is 4.72. The van der Waals surface area contributed by atoms with Gasteiger partial charge in [0, 0.05) is 4.90 Å². The number of esters is 1. The highest BCUT2D eigenvalue weighted by molar-refractivity contribution is 7.99. The summed E-state index contributed by atoms with van der Waals surface area (Å²) in [5.74, 6) is 1.61. The zero-order valence-corrected chi connectivity index (χ0v) is 13.4. The number of methoxy groups -OCH3 is 2. The first-order valence-electron chi connectivity index (χ1n) is 6.60. The Bertz CT molecular complexity index is 422. The lowest BCUT2D eigenvalue weighted by molar-refractivity contribution is -0.148. The van der Waals surface area contributed by atoms with Crippen LogP contribution in [0.3, 0.4) is 0 Å². The molecule has 0 bridgehead atoms. The van der Waals surface area contributed by atoms with Gasteiger partial charge in [0.25, 0.3) is 0 Å². The average molecular weight is 297 g/mol. The van der Waals surface area contributed by atoms with E-state index in [0.29, 0.717) is 0 Å². The zero-order valence-electron chi connectivity index (χ0n) is 12.6. The van der Waals surface area contributed by atoms with Crippen LogP contribution in [0.15, 0.2) is 29.2 Å². The Morgan fingerprint density at radius 2 is 1.95 bits per heavy atom. The minimum Gasteiger partial charge on any atom is -0.497 e. The molecule has 0 aliphatic rings. The SMILES string of the molecule is CNC(C)(CCCSc1ccc(OC)cc1)C(=O)OC. The maximum atomic E-state index is 11.7. The second kappa shape index (κ2) is 8.17. The number of likely N-dealkylation sites (N-methyl/N-ethyl adjacent to an activating group) is 1. The molecule has 0 aliphatic carbocycles. The minimum absolute atomic E-state index is 0.213. The highest BCUT2D eigenvalue weighted by atomic mass is 32.2. The minimum atomic E-state index is -0.602. The van der Waals surface area contributed by atoms with E-state index in [4.69, 9.17) is 9.47 Å². The van der Waals surface area contributed by atoms with Crippen molar-refractivity contribution in [2.24, 2.45) is 0 Å². The number of ether oxygens (including phenoxy) is 2. The van der Waals surface area contributed by atoms with E-state index >= 15 is 0 Å². The molecule has 1 atom stereocenters. The topological polar surface area (TPSA) is 47.6 Å². The lowest BCUT2D eigenvalue weighted by Gasteiger charge is -2.25. The third-order valence-corrected chi connectivity index (χ3v) is 4.44. The van der Waals surface area contributed by atoms with E-state index in [2.05, 4.69) is 5.32 Å². The van der Waals surface area contributed by atoms with Gasteiger partial charge in [0.15, 0.2) is 0 Å². The van der Waals surface area contributed by atoms with Crippen LogP contribution in [0.4, 0.5) is 0 Å². The number of benzene rings is 1. The van der Waals surface area contributed by atoms with Crippen molar-refractivity contribution < 1.29 is 14.3 Å². The van der Waals surface area contributed by atoms with E-state index in [9.17, 15) is 4.79 Å². The highest BCUT2D eigenvalue weighted by Gasteiger charge is 2.31. The molecule has 0 heterocycles. The molecule has 0 spiro atoms. The zero-order chi connectivity index (χ0) is 15.0. The molecule has 0 aromatic heterocycles. The van der Waals surface area contributed by atoms with Gasteiger partial charge < -0.3 is 14.8 Å². The van der Waals surface area contributed by atoms with E-state index < -0.39 is 5.54 Å². The summed E-state index contributed by atoms with van der Waals surface area (Å²) in [7, 11) is 4.87. The Kier molecular flexibility index (Phi) is 6.88. The van der Waals surface area contributed by atoms with Crippen LogP contribution in [0.25, 0.3) is 0 Å². The van der Waals surface area contributed by atoms with Crippen molar-refractivity contribution in [3.63, 3.8) is 0 Å². The summed E-state index contributed by atoms with van der Waals surface area (Å²) in [5.41, 5.74) is -0.602. The molecule has 5 heteroatoms. The largest absolute Gasteiger partial charge is 0.497 e. The molecule has 0 radical (unpaired) electrons. The molecular formula is C15H23NO3S. The number of rotatable bonds is 8. The predicted octanol–water partition coefficient (Wildman–Crippen LogP) is 2.72. The van der Waals surface area contributed by atoms with Crippen molar-refractivity contribution in [3.8, 4) is 5.75 Å². The smallest absolute Gasteiger partial charge is 0.325 e. The van der Waals surface area contributed by atoms with Crippen molar-refractivity contribution in [3.05, 3.63) is 24.3 Å². The number of thioether (sulfide) groups is 1. The van der Waals surface area contributed by atoms with Gasteiger partial charge in [-0.2, -0.15) is 0 Å². The molecule has 0 saturated heterocycles. The molecule has 0 saturated carbocycles. The fraction of sp³-hybridized carbons (Fsp3) is 0.533. The maximum Gasteiger partial charge on any atom is 0.325 e. The lowest BCUT2D eigenvalue weighted by Crippen LogP contribution is -2.48. The number of hydrogen-bond acceptors (Lipinski definition) is 5. The molecule has 0 amide bonds. The number of carbonyl (C=O) groups excluding carboxylic acids is 1. The van der Waals surface area contributed by atoms with Gasteiger partial charge in [0.05, 0.1) is 14.2 Å². The molecule has 1 aromatic rings. The van der Waals surface area contributed by atoms with Crippen LogP contribution in [-0.4, -0.2) is 38.5 Å². The number of nitrogens with one attached hydrogen (secondary N) is 1. The standard InChI is InChI=1S/C15H23NO3S/c1-15(16-2,14(17)19-4)10-5-11-20-13-8-6-12(18-3)7-9-13/h6-9,16H,5,10-11H2,1-4H3. The van der Waals surface area contributed by atoms with E-state index in [-0.39, 0.29) is 5.97 Å². The van der Waals surface area contributed by atoms with Gasteiger partial charge in [-0.3, -0.25) is 4.79 Å². The first-order valence-corrected chi connectivity index (χ1v) is 7.58. The normalized spacial score (nSPS) is 13.6. The molecule has 1 aromatic carbocycles. The van der Waals surface area contributed by atoms with E-state index in [0.717, 1.165) is 24.3 Å². The maximum absolute atomic E-state index is 11.7. The van der Waals surface area contributed by atoms with Gasteiger partial charge in [0.1, 0.15) is 11.3 Å². The fourth-order valence-electron chi connectivity index (χ4n) is 1.84. The quantitative estimate of drug-likeness (QED) is 0.454. The average Bonchev–Trinajstić information content (AvgIpc) is 2.51. The highest BCUT2D eigenvalue weighted by Crippen LogP contribution is 2.24. The first-order chi connectivity index (χ1) is 9.55. The first kappa shape index (κ1) is 16.9. The van der Waals surface area contributed by atoms with E-state index in [1.54, 1.807) is 25.9 Å². The summed E-state index contributed by atoms with van der Waals surface area (Å²) in [5, 5.41) is 3.04. The monoisotopic (exact) mass is 297 g/mol. The van der Waals surface area contributed by atoms with Gasteiger partial charge in [-0.25, -0.2) is 0 Å². The Morgan fingerprint density at radius 3 is 2.45 bits per heavy atom. The molecule has 0 aliphatic heterocycles. The van der Waals surface area contributed by atoms with E-state index in [1.807, 2.05) is 31.2 Å². The van der Waals surface area contributed by atoms with Crippen LogP contribution in [0.2, 0.25) is 0 Å². The van der Waals surface area contributed by atoms with Crippen molar-refractivity contribution in [2.75, 3.05) is 27.0 Å². The van der Waals surface area contributed by atoms with Crippen molar-refractivity contribution in [2.45, 2.75) is 30.2 Å². The Balaban J connectivity index is 2.38. The van der Waals surface area contributed by atoms with Crippen molar-refractivity contribution in [1.29, 1.82) is 0 Å². The molecule has 1 unspecified atom stereocenters. The molecule has 1 N–H and O–H groups in total. The van der Waals surface area contributed by atoms with Crippen LogP contribution in [-0.2, 0) is 9.53 Å². The molecule has 0 fully saturated rings. The van der Waals surface area contributed by atoms with Crippen LogP contribution in [0, 0.1) is 0 Å². The summed E-state index contributed by atoms with van der Waals surface area (Å²) in [6.45, 7) is 1.87. The molecule has 112 valence electrons. The van der Waals surface area contributed by atoms with Crippen LogP contribution in [0.1, 0.15) is 19.8 Å². The van der Waals surface area contributed by atoms with Gasteiger partial charge >= 0.3 is 5.97 Å². The lowest BCUT2D eigenvalue weighted by atomic mass is 9.97. The van der Waals surface area contributed by atoms with Crippen LogP contribution in [0.5, 0.6) is 5.75 Å². The molecule has 1 rings (SSSR count). The Labute approximate surface area is 125 Å². The van der Waals surface area contributed by atoms with E-state index in [1.165, 1.54) is 12.0 Å². The van der Waals surface area contributed by atoms with Crippen LogP contribution >= 0.6 is 11.8 Å². The van der Waals surface area contributed by atoms with Crippen LogP contribution < -0.4 is 10.1 Å². The summed E-state index contributed by atoms with van der Waals surface area (Å²) >= 11 is 1.77. The summed E-state index contributed by atoms with van der Waals surface area (Å²) in [6, 6.07) is 7.99. The molecule has 20 heavy (non-hydrogen) atoms.